The number of esters is 1. The van der Waals surface area contributed by atoms with Gasteiger partial charge in [0.05, 0.1) is 6.10 Å². The number of carbonyl (C=O) groups excluding carboxylic acids is 3. The first-order valence-electron chi connectivity index (χ1n) is 8.31. The van der Waals surface area contributed by atoms with E-state index in [2.05, 4.69) is 0 Å². The molecule has 0 N–H and O–H groups in total. The molecule has 7 heteroatoms. The molecule has 7 nitrogen and oxygen atoms in total. The molecule has 23 heavy (non-hydrogen) atoms. The first kappa shape index (κ1) is 17.6. The normalized spacial score (nSPS) is 22.3. The molecule has 0 aromatic carbocycles. The van der Waals surface area contributed by atoms with Crippen LogP contribution in [0.15, 0.2) is 0 Å². The van der Waals surface area contributed by atoms with E-state index in [1.165, 1.54) is 6.92 Å². The molecule has 0 radical (unpaired) electrons. The molecule has 2 heterocycles. The third kappa shape index (κ3) is 4.59. The van der Waals surface area contributed by atoms with Crippen molar-refractivity contribution < 1.29 is 23.9 Å². The van der Waals surface area contributed by atoms with Gasteiger partial charge < -0.3 is 19.3 Å². The SMILES string of the molecule is CC(=O)N1CCCC1C(=O)OC1CCN(C(=O)OC(C)C)CC1. The van der Waals surface area contributed by atoms with Crippen LogP contribution in [0.3, 0.4) is 0 Å². The molecule has 2 amide bonds. The van der Waals surface area contributed by atoms with Crippen LogP contribution in [0.2, 0.25) is 0 Å². The van der Waals surface area contributed by atoms with Crippen molar-refractivity contribution in [3.8, 4) is 0 Å². The van der Waals surface area contributed by atoms with Crippen LogP contribution >= 0.6 is 0 Å². The largest absolute Gasteiger partial charge is 0.461 e. The minimum Gasteiger partial charge on any atom is -0.461 e. The molecule has 1 atom stereocenters. The Hall–Kier alpha value is -1.79. The zero-order valence-corrected chi connectivity index (χ0v) is 14.1. The number of hydrogen-bond acceptors (Lipinski definition) is 5. The van der Waals surface area contributed by atoms with Gasteiger partial charge in [0.2, 0.25) is 5.91 Å². The van der Waals surface area contributed by atoms with Crippen LogP contribution in [0.1, 0.15) is 46.5 Å². The lowest BCUT2D eigenvalue weighted by Crippen LogP contribution is -2.45. The number of hydrogen-bond donors (Lipinski definition) is 0. The van der Waals surface area contributed by atoms with Gasteiger partial charge in [0.1, 0.15) is 12.1 Å². The lowest BCUT2D eigenvalue weighted by molar-refractivity contribution is -0.159. The number of ether oxygens (including phenoxy) is 2. The van der Waals surface area contributed by atoms with E-state index in [0.29, 0.717) is 38.9 Å². The van der Waals surface area contributed by atoms with E-state index < -0.39 is 6.04 Å². The van der Waals surface area contributed by atoms with Gasteiger partial charge in [-0.2, -0.15) is 0 Å². The van der Waals surface area contributed by atoms with Crippen molar-refractivity contribution in [3.63, 3.8) is 0 Å². The van der Waals surface area contributed by atoms with E-state index >= 15 is 0 Å². The van der Waals surface area contributed by atoms with Gasteiger partial charge in [0.25, 0.3) is 0 Å². The number of rotatable bonds is 3. The van der Waals surface area contributed by atoms with Gasteiger partial charge in [-0.05, 0) is 26.7 Å². The Balaban J connectivity index is 1.79. The molecule has 2 rings (SSSR count). The van der Waals surface area contributed by atoms with Crippen LogP contribution in [-0.4, -0.2) is 65.7 Å². The molecular formula is C16H26N2O5. The summed E-state index contributed by atoms with van der Waals surface area (Å²) in [4.78, 5) is 38.8. The highest BCUT2D eigenvalue weighted by molar-refractivity contribution is 5.84. The van der Waals surface area contributed by atoms with Crippen LogP contribution in [0, 0.1) is 0 Å². The summed E-state index contributed by atoms with van der Waals surface area (Å²) in [5.74, 6) is -0.406. The van der Waals surface area contributed by atoms with Gasteiger partial charge in [-0.15, -0.1) is 0 Å². The Labute approximate surface area is 136 Å². The summed E-state index contributed by atoms with van der Waals surface area (Å²) in [7, 11) is 0. The molecule has 0 aliphatic carbocycles. The van der Waals surface area contributed by atoms with Crippen LogP contribution in [0.4, 0.5) is 4.79 Å². The molecule has 130 valence electrons. The average molecular weight is 326 g/mol. The van der Waals surface area contributed by atoms with Crippen molar-refractivity contribution in [1.29, 1.82) is 0 Å². The Morgan fingerprint density at radius 3 is 2.26 bits per heavy atom. The number of nitrogens with zero attached hydrogens (tertiary/aromatic N) is 2. The van der Waals surface area contributed by atoms with E-state index in [1.807, 2.05) is 13.8 Å². The summed E-state index contributed by atoms with van der Waals surface area (Å²) < 4.78 is 10.7. The first-order chi connectivity index (χ1) is 10.9. The van der Waals surface area contributed by atoms with Crippen LogP contribution in [-0.2, 0) is 19.1 Å². The lowest BCUT2D eigenvalue weighted by Gasteiger charge is -2.32. The van der Waals surface area contributed by atoms with Crippen molar-refractivity contribution in [1.82, 2.24) is 9.80 Å². The van der Waals surface area contributed by atoms with Gasteiger partial charge in [-0.1, -0.05) is 0 Å². The zero-order valence-electron chi connectivity index (χ0n) is 14.1. The molecule has 0 aromatic heterocycles. The Bertz CT molecular complexity index is 457. The van der Waals surface area contributed by atoms with Crippen molar-refractivity contribution in [3.05, 3.63) is 0 Å². The second-order valence-corrected chi connectivity index (χ2v) is 6.43. The standard InChI is InChI=1S/C16H26N2O5/c1-11(2)22-16(21)17-9-6-13(7-10-17)23-15(20)14-5-4-8-18(14)12(3)19/h11,13-14H,4-10H2,1-3H3. The number of amides is 2. The van der Waals surface area contributed by atoms with Crippen LogP contribution < -0.4 is 0 Å². The molecule has 2 aliphatic rings. The van der Waals surface area contributed by atoms with Gasteiger partial charge in [-0.25, -0.2) is 9.59 Å². The smallest absolute Gasteiger partial charge is 0.410 e. The van der Waals surface area contributed by atoms with E-state index in [-0.39, 0.29) is 30.2 Å². The van der Waals surface area contributed by atoms with Crippen molar-refractivity contribution in [2.24, 2.45) is 0 Å². The summed E-state index contributed by atoms with van der Waals surface area (Å²) >= 11 is 0. The number of carbonyl (C=O) groups is 3. The second kappa shape index (κ2) is 7.66. The topological polar surface area (TPSA) is 76.2 Å². The van der Waals surface area contributed by atoms with E-state index in [0.717, 1.165) is 6.42 Å². The van der Waals surface area contributed by atoms with E-state index in [1.54, 1.807) is 9.80 Å². The predicted octanol–water partition coefficient (Wildman–Crippen LogP) is 1.55. The van der Waals surface area contributed by atoms with Crippen molar-refractivity contribution in [2.45, 2.75) is 64.7 Å². The fraction of sp³-hybridized carbons (Fsp3) is 0.812. The Kier molecular flexibility index (Phi) is 5.85. The predicted molar refractivity (Wildman–Crippen MR) is 82.7 cm³/mol. The molecule has 0 saturated carbocycles. The highest BCUT2D eigenvalue weighted by atomic mass is 16.6. The van der Waals surface area contributed by atoms with Gasteiger partial charge in [0.15, 0.2) is 0 Å². The summed E-state index contributed by atoms with van der Waals surface area (Å²) in [6.07, 6.45) is 2.05. The minimum atomic E-state index is -0.448. The highest BCUT2D eigenvalue weighted by Gasteiger charge is 2.35. The monoisotopic (exact) mass is 326 g/mol. The Morgan fingerprint density at radius 1 is 1.04 bits per heavy atom. The fourth-order valence-corrected chi connectivity index (χ4v) is 3.06. The third-order valence-corrected chi connectivity index (χ3v) is 4.25. The zero-order chi connectivity index (χ0) is 17.0. The van der Waals surface area contributed by atoms with Gasteiger partial charge in [0, 0.05) is 39.4 Å². The molecule has 2 saturated heterocycles. The number of piperidine rings is 1. The highest BCUT2D eigenvalue weighted by Crippen LogP contribution is 2.21. The van der Waals surface area contributed by atoms with Crippen molar-refractivity contribution >= 4 is 18.0 Å². The molecule has 0 bridgehead atoms. The summed E-state index contributed by atoms with van der Waals surface area (Å²) in [6, 6.07) is -0.448. The third-order valence-electron chi connectivity index (χ3n) is 4.25. The van der Waals surface area contributed by atoms with Crippen molar-refractivity contribution in [2.75, 3.05) is 19.6 Å². The average Bonchev–Trinajstić information content (AvgIpc) is 2.97. The molecular weight excluding hydrogens is 300 g/mol. The lowest BCUT2D eigenvalue weighted by atomic mass is 10.1. The van der Waals surface area contributed by atoms with Crippen LogP contribution in [0.5, 0.6) is 0 Å². The molecule has 2 fully saturated rings. The molecule has 0 aromatic rings. The minimum absolute atomic E-state index is 0.0873. The van der Waals surface area contributed by atoms with Gasteiger partial charge >= 0.3 is 12.1 Å². The number of likely N-dealkylation sites (tertiary alicyclic amines) is 2. The molecule has 2 aliphatic heterocycles. The molecule has 1 unspecified atom stereocenters. The summed E-state index contributed by atoms with van der Waals surface area (Å²) in [6.45, 7) is 6.76. The maximum Gasteiger partial charge on any atom is 0.410 e. The summed E-state index contributed by atoms with van der Waals surface area (Å²) in [5.41, 5.74) is 0. The Morgan fingerprint density at radius 2 is 1.70 bits per heavy atom. The van der Waals surface area contributed by atoms with Crippen LogP contribution in [0.25, 0.3) is 0 Å². The van der Waals surface area contributed by atoms with E-state index in [4.69, 9.17) is 9.47 Å². The maximum absolute atomic E-state index is 12.3. The molecule has 0 spiro atoms. The van der Waals surface area contributed by atoms with E-state index in [9.17, 15) is 14.4 Å². The first-order valence-corrected chi connectivity index (χ1v) is 8.31. The maximum atomic E-state index is 12.3. The quantitative estimate of drug-likeness (QED) is 0.736. The summed E-state index contributed by atoms with van der Waals surface area (Å²) in [5, 5.41) is 0. The fourth-order valence-electron chi connectivity index (χ4n) is 3.06. The van der Waals surface area contributed by atoms with Gasteiger partial charge in [-0.3, -0.25) is 4.79 Å². The second-order valence-electron chi connectivity index (χ2n) is 6.43.